The molecule has 1 fully saturated rings. The second-order valence-electron chi connectivity index (χ2n) is 3.44. The summed E-state index contributed by atoms with van der Waals surface area (Å²) in [6, 6.07) is 3.88. The summed E-state index contributed by atoms with van der Waals surface area (Å²) in [4.78, 5) is 10.8. The van der Waals surface area contributed by atoms with Crippen LogP contribution in [0.1, 0.15) is 10.9 Å². The van der Waals surface area contributed by atoms with Crippen LogP contribution in [-0.4, -0.2) is 22.9 Å². The van der Waals surface area contributed by atoms with E-state index in [0.29, 0.717) is 10.2 Å². The van der Waals surface area contributed by atoms with Gasteiger partial charge in [0.05, 0.1) is 5.37 Å². The van der Waals surface area contributed by atoms with Crippen LogP contribution in [0.15, 0.2) is 22.7 Å². The molecule has 1 saturated heterocycles. The third-order valence-corrected chi connectivity index (χ3v) is 4.26. The molecule has 0 bridgehead atoms. The molecule has 2 rings (SSSR count). The topological polar surface area (TPSA) is 49.3 Å². The number of carboxylic acid groups (broad SMARTS) is 1. The van der Waals surface area contributed by atoms with Crippen LogP contribution in [0.25, 0.3) is 0 Å². The van der Waals surface area contributed by atoms with Gasteiger partial charge in [0.15, 0.2) is 0 Å². The second-order valence-corrected chi connectivity index (χ2v) is 5.43. The van der Waals surface area contributed by atoms with E-state index in [2.05, 4.69) is 21.2 Å². The summed E-state index contributed by atoms with van der Waals surface area (Å²) in [6.45, 7) is 0. The van der Waals surface area contributed by atoms with Crippen molar-refractivity contribution in [3.63, 3.8) is 0 Å². The average Bonchev–Trinajstić information content (AvgIpc) is 2.66. The highest BCUT2D eigenvalue weighted by atomic mass is 79.9. The molecular formula is C10H9BrFNO2S. The van der Waals surface area contributed by atoms with Crippen LogP contribution < -0.4 is 5.32 Å². The summed E-state index contributed by atoms with van der Waals surface area (Å²) < 4.78 is 13.5. The minimum absolute atomic E-state index is 0.101. The molecule has 1 unspecified atom stereocenters. The number of hydrogen-bond donors (Lipinski definition) is 2. The standard InChI is InChI=1S/C10H9BrFNO2S/c11-7-3-5(12)1-2-6(7)9-13-8(4-16-9)10(14)15/h1-3,8-9,13H,4H2,(H,14,15)/t8-,9?/m1/s1. The summed E-state index contributed by atoms with van der Waals surface area (Å²) in [7, 11) is 0. The molecule has 1 aromatic rings. The molecule has 2 N–H and O–H groups in total. The number of hydrogen-bond acceptors (Lipinski definition) is 3. The summed E-state index contributed by atoms with van der Waals surface area (Å²) in [5.74, 6) is -0.647. The van der Waals surface area contributed by atoms with E-state index in [-0.39, 0.29) is 11.2 Å². The van der Waals surface area contributed by atoms with E-state index in [1.807, 2.05) is 0 Å². The smallest absolute Gasteiger partial charge is 0.321 e. The Balaban J connectivity index is 2.17. The van der Waals surface area contributed by atoms with Crippen molar-refractivity contribution >= 4 is 33.7 Å². The lowest BCUT2D eigenvalue weighted by Gasteiger charge is -2.13. The van der Waals surface area contributed by atoms with E-state index >= 15 is 0 Å². The molecule has 0 spiro atoms. The Morgan fingerprint density at radius 3 is 2.94 bits per heavy atom. The maximum Gasteiger partial charge on any atom is 0.321 e. The van der Waals surface area contributed by atoms with Crippen molar-refractivity contribution in [2.75, 3.05) is 5.75 Å². The third kappa shape index (κ3) is 2.39. The lowest BCUT2D eigenvalue weighted by Crippen LogP contribution is -2.33. The van der Waals surface area contributed by atoms with Gasteiger partial charge in [-0.25, -0.2) is 4.39 Å². The number of aliphatic carboxylic acids is 1. The molecule has 0 aliphatic carbocycles. The Morgan fingerprint density at radius 1 is 1.62 bits per heavy atom. The Labute approximate surface area is 105 Å². The zero-order valence-corrected chi connectivity index (χ0v) is 10.5. The van der Waals surface area contributed by atoms with Gasteiger partial charge in [-0.3, -0.25) is 10.1 Å². The minimum atomic E-state index is -0.853. The van der Waals surface area contributed by atoms with Crippen LogP contribution in [0.4, 0.5) is 4.39 Å². The number of benzene rings is 1. The molecule has 0 saturated carbocycles. The van der Waals surface area contributed by atoms with Crippen LogP contribution in [0.2, 0.25) is 0 Å². The van der Waals surface area contributed by atoms with E-state index < -0.39 is 12.0 Å². The van der Waals surface area contributed by atoms with Gasteiger partial charge in [-0.1, -0.05) is 22.0 Å². The minimum Gasteiger partial charge on any atom is -0.480 e. The van der Waals surface area contributed by atoms with Gasteiger partial charge in [-0.05, 0) is 17.7 Å². The molecule has 3 nitrogen and oxygen atoms in total. The number of carboxylic acids is 1. The van der Waals surface area contributed by atoms with Crippen LogP contribution >= 0.6 is 27.7 Å². The SMILES string of the molecule is O=C(O)[C@H]1CSC(c2ccc(F)cc2Br)N1. The Bertz CT molecular complexity index is 429. The monoisotopic (exact) mass is 305 g/mol. The van der Waals surface area contributed by atoms with Crippen molar-refractivity contribution in [1.82, 2.24) is 5.32 Å². The first-order valence-electron chi connectivity index (χ1n) is 4.63. The van der Waals surface area contributed by atoms with E-state index in [0.717, 1.165) is 5.56 Å². The summed E-state index contributed by atoms with van der Waals surface area (Å²) in [5, 5.41) is 11.7. The fraction of sp³-hybridized carbons (Fsp3) is 0.300. The number of halogens is 2. The predicted octanol–water partition coefficient (Wildman–Crippen LogP) is 2.38. The molecule has 16 heavy (non-hydrogen) atoms. The number of nitrogens with one attached hydrogen (secondary N) is 1. The maximum absolute atomic E-state index is 12.9. The van der Waals surface area contributed by atoms with Crippen LogP contribution in [-0.2, 0) is 4.79 Å². The first kappa shape index (κ1) is 11.9. The zero-order valence-electron chi connectivity index (χ0n) is 8.11. The third-order valence-electron chi connectivity index (χ3n) is 2.33. The summed E-state index contributed by atoms with van der Waals surface area (Å²) in [6.07, 6.45) is 0. The van der Waals surface area contributed by atoms with Crippen molar-refractivity contribution in [1.29, 1.82) is 0 Å². The highest BCUT2D eigenvalue weighted by molar-refractivity contribution is 9.10. The molecule has 1 aliphatic heterocycles. The van der Waals surface area contributed by atoms with Crippen molar-refractivity contribution in [3.05, 3.63) is 34.1 Å². The largest absolute Gasteiger partial charge is 0.480 e. The van der Waals surface area contributed by atoms with E-state index in [9.17, 15) is 9.18 Å². The van der Waals surface area contributed by atoms with Gasteiger partial charge in [-0.2, -0.15) is 0 Å². The van der Waals surface area contributed by atoms with Crippen LogP contribution in [0, 0.1) is 5.82 Å². The van der Waals surface area contributed by atoms with Gasteiger partial charge in [0.1, 0.15) is 11.9 Å². The highest BCUT2D eigenvalue weighted by Gasteiger charge is 2.31. The lowest BCUT2D eigenvalue weighted by molar-refractivity contribution is -0.138. The van der Waals surface area contributed by atoms with Crippen LogP contribution in [0.5, 0.6) is 0 Å². The Kier molecular flexibility index (Phi) is 3.51. The molecule has 6 heteroatoms. The maximum atomic E-state index is 12.9. The molecule has 86 valence electrons. The van der Waals surface area contributed by atoms with Gasteiger partial charge in [-0.15, -0.1) is 11.8 Å². The van der Waals surface area contributed by atoms with Crippen molar-refractivity contribution in [3.8, 4) is 0 Å². The Morgan fingerprint density at radius 2 is 2.38 bits per heavy atom. The lowest BCUT2D eigenvalue weighted by atomic mass is 10.2. The highest BCUT2D eigenvalue weighted by Crippen LogP contribution is 2.36. The van der Waals surface area contributed by atoms with Crippen molar-refractivity contribution < 1.29 is 14.3 Å². The number of carbonyl (C=O) groups is 1. The summed E-state index contributed by atoms with van der Waals surface area (Å²) in [5.41, 5.74) is 0.871. The zero-order chi connectivity index (χ0) is 11.7. The number of thioether (sulfide) groups is 1. The average molecular weight is 306 g/mol. The summed E-state index contributed by atoms with van der Waals surface area (Å²) >= 11 is 4.78. The van der Waals surface area contributed by atoms with Gasteiger partial charge in [0.2, 0.25) is 0 Å². The molecule has 2 atom stereocenters. The molecule has 0 radical (unpaired) electrons. The van der Waals surface area contributed by atoms with E-state index in [1.54, 1.807) is 6.07 Å². The van der Waals surface area contributed by atoms with E-state index in [1.165, 1.54) is 23.9 Å². The fourth-order valence-corrected chi connectivity index (χ4v) is 3.51. The first-order valence-corrected chi connectivity index (χ1v) is 6.47. The first-order chi connectivity index (χ1) is 7.58. The normalized spacial score (nSPS) is 24.6. The van der Waals surface area contributed by atoms with Crippen molar-refractivity contribution in [2.24, 2.45) is 0 Å². The fourth-order valence-electron chi connectivity index (χ4n) is 1.51. The van der Waals surface area contributed by atoms with E-state index in [4.69, 9.17) is 5.11 Å². The molecular weight excluding hydrogens is 297 g/mol. The molecule has 0 aromatic heterocycles. The quantitative estimate of drug-likeness (QED) is 0.881. The van der Waals surface area contributed by atoms with Crippen molar-refractivity contribution in [2.45, 2.75) is 11.4 Å². The Hall–Kier alpha value is -0.590. The molecule has 1 aromatic carbocycles. The van der Waals surface area contributed by atoms with Gasteiger partial charge in [0.25, 0.3) is 0 Å². The molecule has 1 aliphatic rings. The van der Waals surface area contributed by atoms with Gasteiger partial charge < -0.3 is 5.11 Å². The second kappa shape index (κ2) is 4.73. The van der Waals surface area contributed by atoms with Crippen LogP contribution in [0.3, 0.4) is 0 Å². The molecule has 0 amide bonds. The molecule has 1 heterocycles. The predicted molar refractivity (Wildman–Crippen MR) is 63.9 cm³/mol. The van der Waals surface area contributed by atoms with Gasteiger partial charge >= 0.3 is 5.97 Å². The number of rotatable bonds is 2. The van der Waals surface area contributed by atoms with Gasteiger partial charge in [0, 0.05) is 10.2 Å².